The number of anilines is 1. The largest absolute Gasteiger partial charge is 0.355 e. The fourth-order valence-electron chi connectivity index (χ4n) is 4.11. The lowest BCUT2D eigenvalue weighted by molar-refractivity contribution is 0.432. The maximum absolute atomic E-state index is 13.4. The maximum Gasteiger partial charge on any atom is 0.243 e. The van der Waals surface area contributed by atoms with E-state index in [-0.39, 0.29) is 0 Å². The molecule has 0 amide bonds. The molecular weight excluding hydrogens is 372 g/mol. The quantitative estimate of drug-likeness (QED) is 0.789. The Morgan fingerprint density at radius 3 is 2.14 bits per heavy atom. The van der Waals surface area contributed by atoms with E-state index in [1.807, 2.05) is 53.7 Å². The van der Waals surface area contributed by atoms with Crippen LogP contribution in [-0.4, -0.2) is 48.9 Å². The zero-order chi connectivity index (χ0) is 20.6. The van der Waals surface area contributed by atoms with E-state index < -0.39 is 10.0 Å². The van der Waals surface area contributed by atoms with Crippen LogP contribution in [0.25, 0.3) is 0 Å². The van der Waals surface area contributed by atoms with Crippen molar-refractivity contribution in [1.82, 2.24) is 14.3 Å². The van der Waals surface area contributed by atoms with Gasteiger partial charge in [-0.1, -0.05) is 17.7 Å². The number of aryl methyl sites for hydroxylation is 5. The lowest BCUT2D eigenvalue weighted by Crippen LogP contribution is -2.36. The van der Waals surface area contributed by atoms with Crippen LogP contribution in [0.2, 0.25) is 0 Å². The molecule has 7 heteroatoms. The van der Waals surface area contributed by atoms with Gasteiger partial charge < -0.3 is 4.90 Å². The van der Waals surface area contributed by atoms with Crippen molar-refractivity contribution in [2.45, 2.75) is 52.9 Å². The first-order chi connectivity index (χ1) is 13.1. The Hall–Kier alpha value is -1.99. The van der Waals surface area contributed by atoms with Crippen LogP contribution < -0.4 is 4.90 Å². The molecule has 1 aromatic heterocycles. The minimum atomic E-state index is -3.52. The molecule has 2 aromatic rings. The Morgan fingerprint density at radius 2 is 1.50 bits per heavy atom. The summed E-state index contributed by atoms with van der Waals surface area (Å²) in [6, 6.07) is 3.89. The standard InChI is InChI=1S/C21H30N4O2S/c1-14-12-15(2)20(16(3)13-14)28(26,27)25-9-7-8-24(10-11-25)21-17(4)18(5)22-19(6)23-21/h12-13H,7-11H2,1-6H3. The first-order valence-corrected chi connectivity index (χ1v) is 11.2. The minimum Gasteiger partial charge on any atom is -0.355 e. The van der Waals surface area contributed by atoms with Crippen molar-refractivity contribution >= 4 is 15.8 Å². The average Bonchev–Trinajstić information content (AvgIpc) is 2.83. The Bertz CT molecular complexity index is 979. The van der Waals surface area contributed by atoms with Gasteiger partial charge in [0.2, 0.25) is 10.0 Å². The molecule has 6 nitrogen and oxygen atoms in total. The van der Waals surface area contributed by atoms with Crippen molar-refractivity contribution in [1.29, 1.82) is 0 Å². The summed E-state index contributed by atoms with van der Waals surface area (Å²) < 4.78 is 28.4. The molecule has 1 fully saturated rings. The Kier molecular flexibility index (Phi) is 5.77. The highest BCUT2D eigenvalue weighted by Gasteiger charge is 2.30. The zero-order valence-electron chi connectivity index (χ0n) is 17.7. The van der Waals surface area contributed by atoms with E-state index in [1.54, 1.807) is 4.31 Å². The number of sulfonamides is 1. The smallest absolute Gasteiger partial charge is 0.243 e. The predicted molar refractivity (Wildman–Crippen MR) is 112 cm³/mol. The van der Waals surface area contributed by atoms with Crippen LogP contribution in [0, 0.1) is 41.5 Å². The first kappa shape index (κ1) is 20.7. The fourth-order valence-corrected chi connectivity index (χ4v) is 5.99. The molecule has 3 rings (SSSR count). The third-order valence-electron chi connectivity index (χ3n) is 5.43. The molecule has 1 saturated heterocycles. The number of nitrogens with zero attached hydrogens (tertiary/aromatic N) is 4. The van der Waals surface area contributed by atoms with E-state index in [1.165, 1.54) is 0 Å². The van der Waals surface area contributed by atoms with Gasteiger partial charge in [0.15, 0.2) is 0 Å². The number of rotatable bonds is 3. The number of aromatic nitrogens is 2. The van der Waals surface area contributed by atoms with E-state index in [0.717, 1.165) is 52.6 Å². The van der Waals surface area contributed by atoms with Crippen LogP contribution in [-0.2, 0) is 10.0 Å². The van der Waals surface area contributed by atoms with Crippen LogP contribution in [0.3, 0.4) is 0 Å². The molecule has 0 aliphatic carbocycles. The van der Waals surface area contributed by atoms with Gasteiger partial charge in [0.05, 0.1) is 4.90 Å². The highest BCUT2D eigenvalue weighted by atomic mass is 32.2. The Balaban J connectivity index is 1.88. The lowest BCUT2D eigenvalue weighted by atomic mass is 10.1. The third kappa shape index (κ3) is 3.91. The predicted octanol–water partition coefficient (Wildman–Crippen LogP) is 3.23. The summed E-state index contributed by atoms with van der Waals surface area (Å²) in [6.45, 7) is 14.1. The summed E-state index contributed by atoms with van der Waals surface area (Å²) >= 11 is 0. The average molecular weight is 403 g/mol. The maximum atomic E-state index is 13.4. The van der Waals surface area contributed by atoms with Crippen molar-refractivity contribution in [2.24, 2.45) is 0 Å². The molecule has 0 saturated carbocycles. The van der Waals surface area contributed by atoms with Gasteiger partial charge in [0.25, 0.3) is 0 Å². The molecule has 0 N–H and O–H groups in total. The molecule has 1 aliphatic heterocycles. The summed E-state index contributed by atoms with van der Waals surface area (Å²) in [5.74, 6) is 1.67. The van der Waals surface area contributed by atoms with Gasteiger partial charge in [0.1, 0.15) is 11.6 Å². The van der Waals surface area contributed by atoms with Crippen molar-refractivity contribution in [3.05, 3.63) is 45.9 Å². The van der Waals surface area contributed by atoms with E-state index in [4.69, 9.17) is 0 Å². The summed E-state index contributed by atoms with van der Waals surface area (Å²) in [5, 5.41) is 0. The van der Waals surface area contributed by atoms with E-state index in [9.17, 15) is 8.42 Å². The van der Waals surface area contributed by atoms with Crippen molar-refractivity contribution in [3.63, 3.8) is 0 Å². The monoisotopic (exact) mass is 402 g/mol. The second-order valence-corrected chi connectivity index (χ2v) is 9.65. The summed E-state index contributed by atoms with van der Waals surface area (Å²) in [7, 11) is -3.52. The molecule has 1 aromatic carbocycles. The Labute approximate surface area is 168 Å². The summed E-state index contributed by atoms with van der Waals surface area (Å²) in [6.07, 6.45) is 0.769. The van der Waals surface area contributed by atoms with Gasteiger partial charge >= 0.3 is 0 Å². The SMILES string of the molecule is Cc1cc(C)c(S(=O)(=O)N2CCCN(c3nc(C)nc(C)c3C)CC2)c(C)c1. The molecule has 28 heavy (non-hydrogen) atoms. The second kappa shape index (κ2) is 7.79. The third-order valence-corrected chi connectivity index (χ3v) is 7.64. The summed E-state index contributed by atoms with van der Waals surface area (Å²) in [4.78, 5) is 11.7. The first-order valence-electron chi connectivity index (χ1n) is 9.76. The molecule has 0 spiro atoms. The second-order valence-electron chi connectivity index (χ2n) is 7.78. The molecule has 152 valence electrons. The van der Waals surface area contributed by atoms with Crippen LogP contribution in [0.5, 0.6) is 0 Å². The Morgan fingerprint density at radius 1 is 0.857 bits per heavy atom. The molecule has 2 heterocycles. The van der Waals surface area contributed by atoms with Crippen LogP contribution >= 0.6 is 0 Å². The van der Waals surface area contributed by atoms with Crippen LogP contribution in [0.4, 0.5) is 5.82 Å². The highest BCUT2D eigenvalue weighted by molar-refractivity contribution is 7.89. The van der Waals surface area contributed by atoms with Gasteiger partial charge in [-0.2, -0.15) is 4.31 Å². The summed E-state index contributed by atoms with van der Waals surface area (Å²) in [5.41, 5.74) is 4.75. The minimum absolute atomic E-state index is 0.455. The molecule has 0 bridgehead atoms. The van der Waals surface area contributed by atoms with E-state index in [0.29, 0.717) is 24.5 Å². The van der Waals surface area contributed by atoms with Gasteiger partial charge in [-0.25, -0.2) is 18.4 Å². The lowest BCUT2D eigenvalue weighted by Gasteiger charge is -2.25. The fraction of sp³-hybridized carbons (Fsp3) is 0.524. The normalized spacial score (nSPS) is 16.3. The van der Waals surface area contributed by atoms with E-state index >= 15 is 0 Å². The van der Waals surface area contributed by atoms with Crippen molar-refractivity contribution in [3.8, 4) is 0 Å². The van der Waals surface area contributed by atoms with Crippen LogP contribution in [0.1, 0.15) is 40.2 Å². The number of hydrogen-bond acceptors (Lipinski definition) is 5. The number of benzene rings is 1. The van der Waals surface area contributed by atoms with Gasteiger partial charge in [0, 0.05) is 37.4 Å². The molecule has 1 aliphatic rings. The molecule has 0 atom stereocenters. The van der Waals surface area contributed by atoms with Crippen molar-refractivity contribution < 1.29 is 8.42 Å². The molecule has 0 radical (unpaired) electrons. The van der Waals surface area contributed by atoms with Gasteiger partial charge in [-0.05, 0) is 59.1 Å². The highest BCUT2D eigenvalue weighted by Crippen LogP contribution is 2.27. The van der Waals surface area contributed by atoms with Gasteiger partial charge in [-0.15, -0.1) is 0 Å². The van der Waals surface area contributed by atoms with E-state index in [2.05, 4.69) is 14.9 Å². The van der Waals surface area contributed by atoms with Gasteiger partial charge in [-0.3, -0.25) is 0 Å². The zero-order valence-corrected chi connectivity index (χ0v) is 18.5. The van der Waals surface area contributed by atoms with Crippen LogP contribution in [0.15, 0.2) is 17.0 Å². The number of hydrogen-bond donors (Lipinski definition) is 0. The molecule has 0 unspecified atom stereocenters. The van der Waals surface area contributed by atoms with Crippen molar-refractivity contribution in [2.75, 3.05) is 31.1 Å². The topological polar surface area (TPSA) is 66.4 Å². The molecular formula is C21H30N4O2S.